The van der Waals surface area contributed by atoms with Crippen LogP contribution in [-0.4, -0.2) is 27.6 Å². The maximum absolute atomic E-state index is 12.8. The molecule has 0 radical (unpaired) electrons. The molecular formula is C22H15N3O5. The predicted octanol–water partition coefficient (Wildman–Crippen LogP) is 4.15. The molecule has 1 aliphatic rings. The molecule has 1 amide bonds. The summed E-state index contributed by atoms with van der Waals surface area (Å²) in [7, 11) is 0. The molecule has 2 N–H and O–H groups in total. The first kappa shape index (κ1) is 19.0. The van der Waals surface area contributed by atoms with Gasteiger partial charge in [-0.3, -0.25) is 19.9 Å². The van der Waals surface area contributed by atoms with Crippen molar-refractivity contribution >= 4 is 34.7 Å². The van der Waals surface area contributed by atoms with Crippen LogP contribution in [0.3, 0.4) is 0 Å². The Morgan fingerprint density at radius 2 is 1.70 bits per heavy atom. The van der Waals surface area contributed by atoms with E-state index < -0.39 is 16.8 Å². The summed E-state index contributed by atoms with van der Waals surface area (Å²) < 4.78 is 0. The van der Waals surface area contributed by atoms with Gasteiger partial charge in [-0.2, -0.15) is 0 Å². The molecule has 3 aromatic rings. The first-order valence-electron chi connectivity index (χ1n) is 9.00. The van der Waals surface area contributed by atoms with Gasteiger partial charge in [-0.25, -0.2) is 4.79 Å². The van der Waals surface area contributed by atoms with Crippen molar-refractivity contribution in [1.82, 2.24) is 0 Å². The molecule has 0 spiro atoms. The summed E-state index contributed by atoms with van der Waals surface area (Å²) in [5.74, 6) is -2.23. The number of carboxylic acids is 1. The van der Waals surface area contributed by atoms with E-state index >= 15 is 0 Å². The van der Waals surface area contributed by atoms with Crippen LogP contribution < -0.4 is 5.32 Å². The zero-order valence-corrected chi connectivity index (χ0v) is 15.5. The van der Waals surface area contributed by atoms with Gasteiger partial charge < -0.3 is 10.4 Å². The fraction of sp³-hybridized carbons (Fsp3) is 0.0455. The molecule has 1 atom stereocenters. The number of rotatable bonds is 5. The van der Waals surface area contributed by atoms with Gasteiger partial charge in [0.25, 0.3) is 5.69 Å². The van der Waals surface area contributed by atoms with Crippen molar-refractivity contribution in [3.8, 4) is 0 Å². The highest BCUT2D eigenvalue weighted by atomic mass is 16.6. The normalized spacial score (nSPS) is 15.4. The van der Waals surface area contributed by atoms with Crippen molar-refractivity contribution in [3.63, 3.8) is 0 Å². The molecule has 0 bridgehead atoms. The van der Waals surface area contributed by atoms with Gasteiger partial charge >= 0.3 is 5.97 Å². The second-order valence-corrected chi connectivity index (χ2v) is 6.67. The number of benzene rings is 3. The van der Waals surface area contributed by atoms with E-state index in [1.165, 1.54) is 30.3 Å². The van der Waals surface area contributed by atoms with Crippen LogP contribution in [0.25, 0.3) is 0 Å². The number of nitro groups is 1. The summed E-state index contributed by atoms with van der Waals surface area (Å²) in [6.07, 6.45) is 0. The Labute approximate surface area is 170 Å². The minimum atomic E-state index is -1.05. The molecule has 148 valence electrons. The molecule has 0 saturated heterocycles. The summed E-state index contributed by atoms with van der Waals surface area (Å²) in [4.78, 5) is 39.3. The van der Waals surface area contributed by atoms with Crippen molar-refractivity contribution in [2.45, 2.75) is 5.92 Å². The lowest BCUT2D eigenvalue weighted by molar-refractivity contribution is -0.384. The highest BCUT2D eigenvalue weighted by molar-refractivity contribution is 6.24. The monoisotopic (exact) mass is 401 g/mol. The van der Waals surface area contributed by atoms with Crippen molar-refractivity contribution in [1.29, 1.82) is 0 Å². The summed E-state index contributed by atoms with van der Waals surface area (Å²) in [5.41, 5.74) is 2.53. The number of nitrogens with one attached hydrogen (secondary N) is 1. The highest BCUT2D eigenvalue weighted by Gasteiger charge is 2.36. The Hall–Kier alpha value is -4.33. The van der Waals surface area contributed by atoms with Crippen LogP contribution in [0.4, 0.5) is 17.1 Å². The SMILES string of the molecule is O=C(O)c1ccc(N=C(c2ccccc2)C2C(=O)Nc3ccc([N+](=O)[O-])cc32)cc1. The minimum absolute atomic E-state index is 0.117. The first-order valence-corrected chi connectivity index (χ1v) is 9.00. The standard InChI is InChI=1S/C22H15N3O5/c26-21-19(17-12-16(25(29)30)10-11-18(17)24-21)20(13-4-2-1-3-5-13)23-15-8-6-14(7-9-15)22(27)28/h1-12,19H,(H,24,26)(H,27,28). The number of anilines is 1. The van der Waals surface area contributed by atoms with E-state index in [2.05, 4.69) is 10.3 Å². The van der Waals surface area contributed by atoms with Crippen molar-refractivity contribution in [2.24, 2.45) is 4.99 Å². The quantitative estimate of drug-likeness (QED) is 0.378. The van der Waals surface area contributed by atoms with Gasteiger partial charge in [-0.1, -0.05) is 30.3 Å². The van der Waals surface area contributed by atoms with E-state index in [4.69, 9.17) is 5.11 Å². The van der Waals surface area contributed by atoms with Gasteiger partial charge in [0.2, 0.25) is 5.91 Å². The second-order valence-electron chi connectivity index (χ2n) is 6.67. The van der Waals surface area contributed by atoms with Crippen LogP contribution >= 0.6 is 0 Å². The number of non-ortho nitro benzene ring substituents is 1. The zero-order chi connectivity index (χ0) is 21.3. The van der Waals surface area contributed by atoms with E-state index in [9.17, 15) is 19.7 Å². The Morgan fingerprint density at radius 1 is 1.00 bits per heavy atom. The zero-order valence-electron chi connectivity index (χ0n) is 15.5. The molecule has 0 aliphatic carbocycles. The lowest BCUT2D eigenvalue weighted by Gasteiger charge is -2.14. The van der Waals surface area contributed by atoms with Gasteiger partial charge in [-0.15, -0.1) is 0 Å². The summed E-state index contributed by atoms with van der Waals surface area (Å²) >= 11 is 0. The average molecular weight is 401 g/mol. The number of aromatic carboxylic acids is 1. The van der Waals surface area contributed by atoms with E-state index in [0.29, 0.717) is 28.2 Å². The number of aliphatic imine (C=N–C) groups is 1. The minimum Gasteiger partial charge on any atom is -0.478 e. The summed E-state index contributed by atoms with van der Waals surface area (Å²) in [5, 5.41) is 23.1. The lowest BCUT2D eigenvalue weighted by Crippen LogP contribution is -2.22. The van der Waals surface area contributed by atoms with Gasteiger partial charge in [0.05, 0.1) is 21.9 Å². The average Bonchev–Trinajstić information content (AvgIpc) is 3.07. The Bertz CT molecular complexity index is 1190. The summed E-state index contributed by atoms with van der Waals surface area (Å²) in [6, 6.07) is 19.2. The summed E-state index contributed by atoms with van der Waals surface area (Å²) in [6.45, 7) is 0. The Morgan fingerprint density at radius 3 is 2.33 bits per heavy atom. The number of carbonyl (C=O) groups is 2. The molecule has 30 heavy (non-hydrogen) atoms. The van der Waals surface area contributed by atoms with Gasteiger partial charge in [-0.05, 0) is 35.9 Å². The molecule has 3 aromatic carbocycles. The smallest absolute Gasteiger partial charge is 0.335 e. The maximum atomic E-state index is 12.8. The topological polar surface area (TPSA) is 122 Å². The second kappa shape index (κ2) is 7.59. The van der Waals surface area contributed by atoms with Gasteiger partial charge in [0, 0.05) is 23.4 Å². The number of nitro benzene ring substituents is 1. The number of nitrogens with zero attached hydrogens (tertiary/aromatic N) is 2. The van der Waals surface area contributed by atoms with Gasteiger partial charge in [0.15, 0.2) is 0 Å². The predicted molar refractivity (Wildman–Crippen MR) is 111 cm³/mol. The molecule has 1 aliphatic heterocycles. The molecule has 1 unspecified atom stereocenters. The Balaban J connectivity index is 1.86. The number of carboxylic acid groups (broad SMARTS) is 1. The maximum Gasteiger partial charge on any atom is 0.335 e. The van der Waals surface area contributed by atoms with Crippen molar-refractivity contribution in [2.75, 3.05) is 5.32 Å². The van der Waals surface area contributed by atoms with Crippen LogP contribution in [0.1, 0.15) is 27.4 Å². The molecule has 8 heteroatoms. The van der Waals surface area contributed by atoms with E-state index in [-0.39, 0.29) is 17.2 Å². The fourth-order valence-electron chi connectivity index (χ4n) is 3.36. The molecule has 4 rings (SSSR count). The molecule has 0 saturated carbocycles. The van der Waals surface area contributed by atoms with E-state index in [1.54, 1.807) is 36.4 Å². The van der Waals surface area contributed by atoms with E-state index in [1.807, 2.05) is 6.07 Å². The van der Waals surface area contributed by atoms with E-state index in [0.717, 1.165) is 0 Å². The number of hydrogen-bond donors (Lipinski definition) is 2. The highest BCUT2D eigenvalue weighted by Crippen LogP contribution is 2.38. The number of carbonyl (C=O) groups excluding carboxylic acids is 1. The van der Waals surface area contributed by atoms with Crippen molar-refractivity contribution in [3.05, 3.63) is 99.6 Å². The molecule has 0 fully saturated rings. The van der Waals surface area contributed by atoms with Crippen molar-refractivity contribution < 1.29 is 19.6 Å². The molecule has 8 nitrogen and oxygen atoms in total. The molecule has 0 aromatic heterocycles. The number of hydrogen-bond acceptors (Lipinski definition) is 5. The van der Waals surface area contributed by atoms with Crippen LogP contribution in [-0.2, 0) is 4.79 Å². The van der Waals surface area contributed by atoms with Crippen LogP contribution in [0, 0.1) is 10.1 Å². The number of amides is 1. The van der Waals surface area contributed by atoms with Crippen LogP contribution in [0.15, 0.2) is 77.8 Å². The molecule has 1 heterocycles. The Kier molecular flexibility index (Phi) is 4.81. The van der Waals surface area contributed by atoms with Crippen LogP contribution in [0.2, 0.25) is 0 Å². The fourth-order valence-corrected chi connectivity index (χ4v) is 3.36. The first-order chi connectivity index (χ1) is 14.4. The third kappa shape index (κ3) is 3.53. The third-order valence-corrected chi connectivity index (χ3v) is 4.78. The lowest BCUT2D eigenvalue weighted by atomic mass is 9.90. The number of fused-ring (bicyclic) bond motifs is 1. The molecular weight excluding hydrogens is 386 g/mol. The largest absolute Gasteiger partial charge is 0.478 e. The van der Waals surface area contributed by atoms with Gasteiger partial charge in [0.1, 0.15) is 5.92 Å². The third-order valence-electron chi connectivity index (χ3n) is 4.78. The van der Waals surface area contributed by atoms with Crippen LogP contribution in [0.5, 0.6) is 0 Å².